The first-order valence-electron chi connectivity index (χ1n) is 6.23. The summed E-state index contributed by atoms with van der Waals surface area (Å²) in [5, 5.41) is 11.3. The fourth-order valence-electron chi connectivity index (χ4n) is 1.78. The summed E-state index contributed by atoms with van der Waals surface area (Å²) in [6, 6.07) is 1.17. The molecule has 1 unspecified atom stereocenters. The molecule has 0 aliphatic carbocycles. The van der Waals surface area contributed by atoms with E-state index in [9.17, 15) is 13.6 Å². The monoisotopic (exact) mass is 305 g/mol. The van der Waals surface area contributed by atoms with Crippen LogP contribution in [0.2, 0.25) is 5.02 Å². The standard InChI is InChI=1S/C14H18ClF2NO2/c1-14(2,3)12(4-5-19)18-13(20)8-6-11(17)9(15)7-10(8)16/h6-7,12,19H,4-5H2,1-3H3,(H,18,20). The molecule has 3 nitrogen and oxygen atoms in total. The van der Waals surface area contributed by atoms with Gasteiger partial charge < -0.3 is 10.4 Å². The number of nitrogens with one attached hydrogen (secondary N) is 1. The number of halogens is 3. The van der Waals surface area contributed by atoms with E-state index in [0.29, 0.717) is 6.42 Å². The third-order valence-electron chi connectivity index (χ3n) is 3.02. The van der Waals surface area contributed by atoms with Gasteiger partial charge in [-0.3, -0.25) is 4.79 Å². The molecule has 0 radical (unpaired) electrons. The first-order chi connectivity index (χ1) is 9.16. The lowest BCUT2D eigenvalue weighted by molar-refractivity contribution is 0.0880. The smallest absolute Gasteiger partial charge is 0.254 e. The topological polar surface area (TPSA) is 49.3 Å². The van der Waals surface area contributed by atoms with Gasteiger partial charge in [-0.05, 0) is 24.0 Å². The molecule has 1 rings (SSSR count). The minimum Gasteiger partial charge on any atom is -0.396 e. The summed E-state index contributed by atoms with van der Waals surface area (Å²) in [5.74, 6) is -2.47. The largest absolute Gasteiger partial charge is 0.396 e. The zero-order valence-electron chi connectivity index (χ0n) is 11.6. The number of carbonyl (C=O) groups excluding carboxylic acids is 1. The van der Waals surface area contributed by atoms with E-state index in [0.717, 1.165) is 12.1 Å². The molecular formula is C14H18ClF2NO2. The number of rotatable bonds is 4. The summed E-state index contributed by atoms with van der Waals surface area (Å²) >= 11 is 5.44. The number of benzene rings is 1. The van der Waals surface area contributed by atoms with Crippen LogP contribution in [0.3, 0.4) is 0 Å². The van der Waals surface area contributed by atoms with Gasteiger partial charge in [0.25, 0.3) is 5.91 Å². The normalized spacial score (nSPS) is 13.2. The molecule has 0 fully saturated rings. The zero-order chi connectivity index (χ0) is 15.5. The van der Waals surface area contributed by atoms with Crippen LogP contribution < -0.4 is 5.32 Å². The fourth-order valence-corrected chi connectivity index (χ4v) is 1.93. The first-order valence-corrected chi connectivity index (χ1v) is 6.61. The molecule has 1 aromatic carbocycles. The van der Waals surface area contributed by atoms with Gasteiger partial charge in [0.2, 0.25) is 0 Å². The van der Waals surface area contributed by atoms with Crippen LogP contribution in [-0.4, -0.2) is 23.7 Å². The molecule has 6 heteroatoms. The van der Waals surface area contributed by atoms with Crippen molar-refractivity contribution in [2.75, 3.05) is 6.61 Å². The van der Waals surface area contributed by atoms with Gasteiger partial charge in [-0.15, -0.1) is 0 Å². The predicted molar refractivity (Wildman–Crippen MR) is 73.8 cm³/mol. The maximum atomic E-state index is 13.7. The van der Waals surface area contributed by atoms with Gasteiger partial charge in [-0.1, -0.05) is 32.4 Å². The van der Waals surface area contributed by atoms with Crippen molar-refractivity contribution in [3.8, 4) is 0 Å². The van der Waals surface area contributed by atoms with Crippen LogP contribution in [-0.2, 0) is 0 Å². The highest BCUT2D eigenvalue weighted by atomic mass is 35.5. The van der Waals surface area contributed by atoms with E-state index >= 15 is 0 Å². The Hall–Kier alpha value is -1.20. The molecule has 0 aliphatic rings. The molecule has 1 aromatic rings. The summed E-state index contributed by atoms with van der Waals surface area (Å²) in [6.07, 6.45) is 0.326. The molecule has 1 atom stereocenters. The number of carbonyl (C=O) groups is 1. The second-order valence-corrected chi connectivity index (χ2v) is 6.06. The summed E-state index contributed by atoms with van der Waals surface area (Å²) in [5.41, 5.74) is -0.723. The summed E-state index contributed by atoms with van der Waals surface area (Å²) < 4.78 is 27.0. The second kappa shape index (κ2) is 6.50. The number of hydrogen-bond acceptors (Lipinski definition) is 2. The maximum Gasteiger partial charge on any atom is 0.254 e. The highest BCUT2D eigenvalue weighted by Gasteiger charge is 2.27. The van der Waals surface area contributed by atoms with E-state index in [1.807, 2.05) is 20.8 Å². The van der Waals surface area contributed by atoms with Gasteiger partial charge in [0.1, 0.15) is 11.6 Å². The summed E-state index contributed by atoms with van der Waals surface area (Å²) in [4.78, 5) is 12.0. The number of hydrogen-bond donors (Lipinski definition) is 2. The van der Waals surface area contributed by atoms with E-state index in [2.05, 4.69) is 5.32 Å². The Balaban J connectivity index is 2.98. The Morgan fingerprint density at radius 3 is 2.45 bits per heavy atom. The highest BCUT2D eigenvalue weighted by Crippen LogP contribution is 2.23. The Labute approximate surface area is 121 Å². The Bertz CT molecular complexity index is 501. The highest BCUT2D eigenvalue weighted by molar-refractivity contribution is 6.30. The molecule has 0 spiro atoms. The summed E-state index contributed by atoms with van der Waals surface area (Å²) in [7, 11) is 0. The van der Waals surface area contributed by atoms with Crippen LogP contribution in [0.15, 0.2) is 12.1 Å². The number of amides is 1. The van der Waals surface area contributed by atoms with Crippen molar-refractivity contribution in [2.24, 2.45) is 5.41 Å². The molecule has 1 amide bonds. The number of aliphatic hydroxyl groups excluding tert-OH is 1. The minimum absolute atomic E-state index is 0.111. The van der Waals surface area contributed by atoms with Gasteiger partial charge in [0.05, 0.1) is 10.6 Å². The van der Waals surface area contributed by atoms with Crippen molar-refractivity contribution in [1.82, 2.24) is 5.32 Å². The minimum atomic E-state index is -0.884. The van der Waals surface area contributed by atoms with Gasteiger partial charge in [0.15, 0.2) is 0 Å². The van der Waals surface area contributed by atoms with Crippen LogP contribution in [0.4, 0.5) is 8.78 Å². The van der Waals surface area contributed by atoms with Crippen LogP contribution in [0, 0.1) is 17.0 Å². The zero-order valence-corrected chi connectivity index (χ0v) is 12.4. The Morgan fingerprint density at radius 2 is 1.95 bits per heavy atom. The molecule has 2 N–H and O–H groups in total. The summed E-state index contributed by atoms with van der Waals surface area (Å²) in [6.45, 7) is 5.53. The molecule has 112 valence electrons. The maximum absolute atomic E-state index is 13.7. The van der Waals surface area contributed by atoms with Crippen molar-refractivity contribution in [2.45, 2.75) is 33.2 Å². The lowest BCUT2D eigenvalue weighted by Gasteiger charge is -2.31. The molecule has 0 aromatic heterocycles. The molecule has 20 heavy (non-hydrogen) atoms. The number of aliphatic hydroxyl groups is 1. The van der Waals surface area contributed by atoms with Crippen molar-refractivity contribution in [1.29, 1.82) is 0 Å². The van der Waals surface area contributed by atoms with Gasteiger partial charge in [-0.2, -0.15) is 0 Å². The average Bonchev–Trinajstić information content (AvgIpc) is 2.32. The van der Waals surface area contributed by atoms with Crippen molar-refractivity contribution in [3.05, 3.63) is 34.4 Å². The Morgan fingerprint density at radius 1 is 1.35 bits per heavy atom. The van der Waals surface area contributed by atoms with Crippen molar-refractivity contribution >= 4 is 17.5 Å². The third kappa shape index (κ3) is 4.15. The third-order valence-corrected chi connectivity index (χ3v) is 3.31. The average molecular weight is 306 g/mol. The van der Waals surface area contributed by atoms with Crippen LogP contribution in [0.5, 0.6) is 0 Å². The van der Waals surface area contributed by atoms with Gasteiger partial charge in [-0.25, -0.2) is 8.78 Å². The lowest BCUT2D eigenvalue weighted by Crippen LogP contribution is -2.44. The molecule has 0 saturated heterocycles. The quantitative estimate of drug-likeness (QED) is 0.840. The van der Waals surface area contributed by atoms with E-state index in [1.54, 1.807) is 0 Å². The second-order valence-electron chi connectivity index (χ2n) is 5.65. The van der Waals surface area contributed by atoms with Crippen molar-refractivity contribution in [3.63, 3.8) is 0 Å². The van der Waals surface area contributed by atoms with Crippen LogP contribution in [0.25, 0.3) is 0 Å². The van der Waals surface area contributed by atoms with Crippen LogP contribution >= 0.6 is 11.6 Å². The van der Waals surface area contributed by atoms with Crippen LogP contribution in [0.1, 0.15) is 37.6 Å². The van der Waals surface area contributed by atoms with E-state index in [-0.39, 0.29) is 23.1 Å². The van der Waals surface area contributed by atoms with E-state index in [4.69, 9.17) is 16.7 Å². The van der Waals surface area contributed by atoms with Gasteiger partial charge >= 0.3 is 0 Å². The molecule has 0 heterocycles. The molecule has 0 aliphatic heterocycles. The molecular weight excluding hydrogens is 288 g/mol. The SMILES string of the molecule is CC(C)(C)C(CCO)NC(=O)c1cc(F)c(Cl)cc1F. The van der Waals surface area contributed by atoms with Crippen molar-refractivity contribution < 1.29 is 18.7 Å². The Kier molecular flexibility index (Phi) is 5.48. The van der Waals surface area contributed by atoms with E-state index < -0.39 is 23.1 Å². The predicted octanol–water partition coefficient (Wildman–Crippen LogP) is 3.15. The fraction of sp³-hybridized carbons (Fsp3) is 0.500. The van der Waals surface area contributed by atoms with Gasteiger partial charge in [0, 0.05) is 12.6 Å². The first kappa shape index (κ1) is 16.9. The molecule has 0 saturated carbocycles. The lowest BCUT2D eigenvalue weighted by atomic mass is 9.84. The molecule has 0 bridgehead atoms. The van der Waals surface area contributed by atoms with E-state index in [1.165, 1.54) is 0 Å².